The first kappa shape index (κ1) is 14.0. The van der Waals surface area contributed by atoms with Crippen LogP contribution in [0.5, 0.6) is 0 Å². The highest BCUT2D eigenvalue weighted by molar-refractivity contribution is 7.99. The Bertz CT molecular complexity index is 499. The molecule has 1 rings (SSSR count). The van der Waals surface area contributed by atoms with Crippen molar-refractivity contribution in [1.29, 1.82) is 5.26 Å². The van der Waals surface area contributed by atoms with Crippen LogP contribution in [-0.2, 0) is 9.59 Å². The van der Waals surface area contributed by atoms with Crippen molar-refractivity contribution >= 4 is 23.6 Å². The fourth-order valence-corrected chi connectivity index (χ4v) is 2.06. The molecule has 0 aliphatic carbocycles. The van der Waals surface area contributed by atoms with Gasteiger partial charge in [-0.2, -0.15) is 5.26 Å². The second-order valence-electron chi connectivity index (χ2n) is 3.40. The molecule has 18 heavy (non-hydrogen) atoms. The molecule has 0 aliphatic rings. The van der Waals surface area contributed by atoms with E-state index < -0.39 is 17.9 Å². The highest BCUT2D eigenvalue weighted by Gasteiger charge is 2.18. The van der Waals surface area contributed by atoms with Gasteiger partial charge < -0.3 is 10.4 Å². The van der Waals surface area contributed by atoms with Crippen LogP contribution in [0.25, 0.3) is 0 Å². The number of carboxylic acids is 1. The molecule has 1 heterocycles. The normalized spacial score (nSPS) is 11.3. The molecule has 0 spiro atoms. The van der Waals surface area contributed by atoms with Crippen LogP contribution in [0.2, 0.25) is 0 Å². The van der Waals surface area contributed by atoms with Crippen LogP contribution >= 0.6 is 11.8 Å². The van der Waals surface area contributed by atoms with Crippen molar-refractivity contribution in [3.05, 3.63) is 23.9 Å². The zero-order valence-corrected chi connectivity index (χ0v) is 10.4. The van der Waals surface area contributed by atoms with Gasteiger partial charge in [-0.05, 0) is 12.1 Å². The molecule has 1 amide bonds. The van der Waals surface area contributed by atoms with Crippen LogP contribution in [0.15, 0.2) is 23.4 Å². The fraction of sp³-hybridized carbons (Fsp3) is 0.273. The summed E-state index contributed by atoms with van der Waals surface area (Å²) in [6.45, 7) is 1.26. The Hall–Kier alpha value is -2.07. The number of carbonyl (C=O) groups is 2. The van der Waals surface area contributed by atoms with Gasteiger partial charge in [0.2, 0.25) is 5.91 Å². The SMILES string of the molecule is CC(=O)N[C@@H](CSc1cc(C#N)ccn1)C(=O)O. The van der Waals surface area contributed by atoms with Gasteiger partial charge in [-0.3, -0.25) is 4.79 Å². The lowest BCUT2D eigenvalue weighted by Gasteiger charge is -2.12. The first-order chi connectivity index (χ1) is 8.52. The van der Waals surface area contributed by atoms with E-state index in [0.717, 1.165) is 0 Å². The van der Waals surface area contributed by atoms with Gasteiger partial charge in [0, 0.05) is 18.9 Å². The quantitative estimate of drug-likeness (QED) is 0.757. The summed E-state index contributed by atoms with van der Waals surface area (Å²) in [4.78, 5) is 25.7. The molecule has 0 aliphatic heterocycles. The van der Waals surface area contributed by atoms with Gasteiger partial charge in [0.25, 0.3) is 0 Å². The number of rotatable bonds is 5. The number of aliphatic carboxylic acids is 1. The molecule has 1 aromatic rings. The Morgan fingerprint density at radius 2 is 2.39 bits per heavy atom. The highest BCUT2D eigenvalue weighted by atomic mass is 32.2. The van der Waals surface area contributed by atoms with E-state index in [4.69, 9.17) is 10.4 Å². The largest absolute Gasteiger partial charge is 0.480 e. The minimum absolute atomic E-state index is 0.150. The maximum atomic E-state index is 10.9. The number of carbonyl (C=O) groups excluding carboxylic acids is 1. The minimum Gasteiger partial charge on any atom is -0.480 e. The van der Waals surface area contributed by atoms with Crippen LogP contribution in [-0.4, -0.2) is 33.8 Å². The monoisotopic (exact) mass is 265 g/mol. The molecule has 1 aromatic heterocycles. The molecular formula is C11H11N3O3S. The number of hydrogen-bond donors (Lipinski definition) is 2. The third-order valence-corrected chi connectivity index (χ3v) is 2.96. The highest BCUT2D eigenvalue weighted by Crippen LogP contribution is 2.17. The number of pyridine rings is 1. The summed E-state index contributed by atoms with van der Waals surface area (Å²) in [7, 11) is 0. The van der Waals surface area contributed by atoms with Crippen LogP contribution in [0.1, 0.15) is 12.5 Å². The molecule has 1 atom stereocenters. The summed E-state index contributed by atoms with van der Waals surface area (Å²) in [5.74, 6) is -1.35. The number of nitriles is 1. The molecule has 0 fully saturated rings. The number of carboxylic acid groups (broad SMARTS) is 1. The molecule has 0 aromatic carbocycles. The molecule has 0 radical (unpaired) electrons. The summed E-state index contributed by atoms with van der Waals surface area (Å²) in [6.07, 6.45) is 1.48. The van der Waals surface area contributed by atoms with Crippen molar-refractivity contribution < 1.29 is 14.7 Å². The van der Waals surface area contributed by atoms with Crippen molar-refractivity contribution in [2.24, 2.45) is 0 Å². The Morgan fingerprint density at radius 3 is 2.94 bits per heavy atom. The molecule has 7 heteroatoms. The number of nitrogens with zero attached hydrogens (tertiary/aromatic N) is 2. The first-order valence-corrected chi connectivity index (χ1v) is 6.00. The van der Waals surface area contributed by atoms with Crippen molar-refractivity contribution in [3.8, 4) is 6.07 Å². The van der Waals surface area contributed by atoms with Gasteiger partial charge >= 0.3 is 5.97 Å². The molecule has 94 valence electrons. The topological polar surface area (TPSA) is 103 Å². The van der Waals surface area contributed by atoms with Gasteiger partial charge in [0.15, 0.2) is 0 Å². The second kappa shape index (κ2) is 6.61. The molecule has 0 unspecified atom stereocenters. The number of amides is 1. The van der Waals surface area contributed by atoms with Gasteiger partial charge in [0.1, 0.15) is 6.04 Å². The third-order valence-electron chi connectivity index (χ3n) is 1.94. The summed E-state index contributed by atoms with van der Waals surface area (Å²) < 4.78 is 0. The van der Waals surface area contributed by atoms with Gasteiger partial charge in [-0.15, -0.1) is 11.8 Å². The van der Waals surface area contributed by atoms with E-state index in [1.165, 1.54) is 24.9 Å². The number of aromatic nitrogens is 1. The van der Waals surface area contributed by atoms with Gasteiger partial charge in [-0.25, -0.2) is 9.78 Å². The van der Waals surface area contributed by atoms with E-state index >= 15 is 0 Å². The van der Waals surface area contributed by atoms with Gasteiger partial charge in [0.05, 0.1) is 16.7 Å². The molecule has 2 N–H and O–H groups in total. The zero-order valence-electron chi connectivity index (χ0n) is 9.58. The molecule has 6 nitrogen and oxygen atoms in total. The van der Waals surface area contributed by atoms with E-state index in [1.807, 2.05) is 6.07 Å². The molecular weight excluding hydrogens is 254 g/mol. The maximum Gasteiger partial charge on any atom is 0.327 e. The van der Waals surface area contributed by atoms with Crippen LogP contribution < -0.4 is 5.32 Å². The third kappa shape index (κ3) is 4.43. The maximum absolute atomic E-state index is 10.9. The summed E-state index contributed by atoms with van der Waals surface area (Å²) in [5.41, 5.74) is 0.457. The lowest BCUT2D eigenvalue weighted by molar-refractivity contribution is -0.140. The average molecular weight is 265 g/mol. The predicted molar refractivity (Wildman–Crippen MR) is 64.9 cm³/mol. The van der Waals surface area contributed by atoms with Crippen molar-refractivity contribution in [3.63, 3.8) is 0 Å². The van der Waals surface area contributed by atoms with E-state index in [0.29, 0.717) is 10.6 Å². The Kier molecular flexibility index (Phi) is 5.14. The van der Waals surface area contributed by atoms with E-state index in [9.17, 15) is 9.59 Å². The standard InChI is InChI=1S/C11H11N3O3S/c1-7(15)14-9(11(16)17)6-18-10-4-8(5-12)2-3-13-10/h2-4,9H,6H2,1H3,(H,14,15)(H,16,17)/t9-/m0/s1. The minimum atomic E-state index is -1.10. The van der Waals surface area contributed by atoms with Crippen LogP contribution in [0, 0.1) is 11.3 Å². The van der Waals surface area contributed by atoms with Gasteiger partial charge in [-0.1, -0.05) is 0 Å². The summed E-state index contributed by atoms with van der Waals surface area (Å²) >= 11 is 1.17. The lowest BCUT2D eigenvalue weighted by atomic mass is 10.3. The Labute approximate surface area is 108 Å². The van der Waals surface area contributed by atoms with Crippen molar-refractivity contribution in [1.82, 2.24) is 10.3 Å². The molecule has 0 saturated carbocycles. The lowest BCUT2D eigenvalue weighted by Crippen LogP contribution is -2.41. The smallest absolute Gasteiger partial charge is 0.327 e. The summed E-state index contributed by atoms with van der Waals surface area (Å²) in [6, 6.07) is 4.13. The summed E-state index contributed by atoms with van der Waals surface area (Å²) in [5, 5.41) is 20.5. The molecule has 0 bridgehead atoms. The van der Waals surface area contributed by atoms with E-state index in [-0.39, 0.29) is 5.75 Å². The van der Waals surface area contributed by atoms with Crippen LogP contribution in [0.3, 0.4) is 0 Å². The Balaban J connectivity index is 2.64. The van der Waals surface area contributed by atoms with E-state index in [2.05, 4.69) is 10.3 Å². The van der Waals surface area contributed by atoms with E-state index in [1.54, 1.807) is 12.1 Å². The fourth-order valence-electron chi connectivity index (χ4n) is 1.15. The second-order valence-corrected chi connectivity index (χ2v) is 4.44. The average Bonchev–Trinajstić information content (AvgIpc) is 2.34. The number of nitrogens with one attached hydrogen (secondary N) is 1. The van der Waals surface area contributed by atoms with Crippen LogP contribution in [0.4, 0.5) is 0 Å². The van der Waals surface area contributed by atoms with Crippen molar-refractivity contribution in [2.45, 2.75) is 18.0 Å². The number of hydrogen-bond acceptors (Lipinski definition) is 5. The zero-order chi connectivity index (χ0) is 13.5. The number of thioether (sulfide) groups is 1. The Morgan fingerprint density at radius 1 is 1.67 bits per heavy atom. The van der Waals surface area contributed by atoms with Crippen molar-refractivity contribution in [2.75, 3.05) is 5.75 Å². The molecule has 0 saturated heterocycles. The first-order valence-electron chi connectivity index (χ1n) is 5.02. The predicted octanol–water partition coefficient (Wildman–Crippen LogP) is 0.635.